The first kappa shape index (κ1) is 18.8. The minimum Gasteiger partial charge on any atom is -0.470 e. The van der Waals surface area contributed by atoms with Gasteiger partial charge in [0.25, 0.3) is 11.8 Å². The molecule has 4 rings (SSSR count). The van der Waals surface area contributed by atoms with Crippen LogP contribution in [0.4, 0.5) is 0 Å². The maximum Gasteiger partial charge on any atom is 0.278 e. The van der Waals surface area contributed by atoms with E-state index in [0.29, 0.717) is 28.4 Å². The second-order valence-electron chi connectivity index (χ2n) is 7.26. The summed E-state index contributed by atoms with van der Waals surface area (Å²) in [6, 6.07) is 5.42. The first-order valence-corrected chi connectivity index (χ1v) is 10.2. The largest absolute Gasteiger partial charge is 0.470 e. The topological polar surface area (TPSA) is 47.5 Å². The second kappa shape index (κ2) is 8.63. The molecule has 1 saturated carbocycles. The van der Waals surface area contributed by atoms with E-state index < -0.39 is 0 Å². The van der Waals surface area contributed by atoms with Crippen LogP contribution >= 0.6 is 23.2 Å². The highest BCUT2D eigenvalue weighted by molar-refractivity contribution is 6.42. The van der Waals surface area contributed by atoms with Gasteiger partial charge in [0, 0.05) is 32.0 Å². The van der Waals surface area contributed by atoms with Crippen LogP contribution in [0.5, 0.6) is 11.8 Å². The maximum atomic E-state index is 6.11. The van der Waals surface area contributed by atoms with Crippen molar-refractivity contribution < 1.29 is 9.47 Å². The van der Waals surface area contributed by atoms with Gasteiger partial charge >= 0.3 is 0 Å². The summed E-state index contributed by atoms with van der Waals surface area (Å²) in [6.45, 7) is 3.74. The molecule has 144 valence electrons. The van der Waals surface area contributed by atoms with Gasteiger partial charge in [0.05, 0.1) is 10.0 Å². The molecule has 2 heterocycles. The highest BCUT2D eigenvalue weighted by atomic mass is 35.5. The van der Waals surface area contributed by atoms with Crippen molar-refractivity contribution in [2.24, 2.45) is 5.92 Å². The van der Waals surface area contributed by atoms with E-state index >= 15 is 0 Å². The van der Waals surface area contributed by atoms with Crippen molar-refractivity contribution >= 4 is 23.2 Å². The van der Waals surface area contributed by atoms with Crippen molar-refractivity contribution in [3.8, 4) is 11.8 Å². The van der Waals surface area contributed by atoms with Gasteiger partial charge in [0.2, 0.25) is 0 Å². The van der Waals surface area contributed by atoms with Gasteiger partial charge in [0.1, 0.15) is 12.7 Å². The monoisotopic (exact) mass is 407 g/mol. The Labute approximate surface area is 169 Å². The molecule has 0 N–H and O–H groups in total. The molecule has 1 aromatic carbocycles. The Hall–Kier alpha value is -1.56. The van der Waals surface area contributed by atoms with Gasteiger partial charge in [-0.1, -0.05) is 29.3 Å². The summed E-state index contributed by atoms with van der Waals surface area (Å²) in [5.74, 6) is 1.80. The maximum absolute atomic E-state index is 6.11. The van der Waals surface area contributed by atoms with Crippen LogP contribution in [-0.4, -0.2) is 40.6 Å². The van der Waals surface area contributed by atoms with E-state index in [1.807, 2.05) is 6.07 Å². The molecule has 1 aliphatic carbocycles. The molecular formula is C20H23Cl2N3O2. The Kier molecular flexibility index (Phi) is 6.01. The molecular weight excluding hydrogens is 385 g/mol. The number of piperidine rings is 1. The Morgan fingerprint density at radius 3 is 2.41 bits per heavy atom. The van der Waals surface area contributed by atoms with E-state index in [-0.39, 0.29) is 6.10 Å². The number of aromatic nitrogens is 2. The quantitative estimate of drug-likeness (QED) is 0.669. The highest BCUT2D eigenvalue weighted by Gasteiger charge is 2.28. The van der Waals surface area contributed by atoms with E-state index in [4.69, 9.17) is 32.7 Å². The summed E-state index contributed by atoms with van der Waals surface area (Å²) in [6.07, 6.45) is 8.21. The molecule has 2 aromatic rings. The average molecular weight is 408 g/mol. The molecule has 1 aliphatic heterocycles. The zero-order chi connectivity index (χ0) is 18.6. The van der Waals surface area contributed by atoms with Crippen molar-refractivity contribution in [2.75, 3.05) is 19.6 Å². The van der Waals surface area contributed by atoms with E-state index in [1.165, 1.54) is 19.4 Å². The number of hydrogen-bond acceptors (Lipinski definition) is 5. The number of hydrogen-bond donors (Lipinski definition) is 0. The Bertz CT molecular complexity index is 778. The normalized spacial score (nSPS) is 18.4. The molecule has 1 saturated heterocycles. The summed E-state index contributed by atoms with van der Waals surface area (Å²) in [5.41, 5.74) is 0.911. The summed E-state index contributed by atoms with van der Waals surface area (Å²) in [7, 11) is 0. The lowest BCUT2D eigenvalue weighted by Gasteiger charge is -2.31. The molecule has 1 aromatic heterocycles. The molecule has 7 heteroatoms. The first-order chi connectivity index (χ1) is 13.2. The zero-order valence-electron chi connectivity index (χ0n) is 15.1. The third kappa shape index (κ3) is 5.24. The van der Waals surface area contributed by atoms with Crippen LogP contribution < -0.4 is 9.47 Å². The Morgan fingerprint density at radius 1 is 0.963 bits per heavy atom. The predicted octanol–water partition coefficient (Wildman–Crippen LogP) is 4.62. The Morgan fingerprint density at radius 2 is 1.70 bits per heavy atom. The van der Waals surface area contributed by atoms with E-state index in [0.717, 1.165) is 37.4 Å². The lowest BCUT2D eigenvalue weighted by molar-refractivity contribution is 0.0895. The van der Waals surface area contributed by atoms with Gasteiger partial charge in [-0.15, -0.1) is 0 Å². The summed E-state index contributed by atoms with van der Waals surface area (Å²) < 4.78 is 11.9. The van der Waals surface area contributed by atoms with Gasteiger partial charge in [-0.05, 0) is 49.3 Å². The third-order valence-corrected chi connectivity index (χ3v) is 5.76. The molecule has 0 amide bonds. The fraction of sp³-hybridized carbons (Fsp3) is 0.500. The summed E-state index contributed by atoms with van der Waals surface area (Å²) >= 11 is 12.0. The van der Waals surface area contributed by atoms with Gasteiger partial charge in [0.15, 0.2) is 0 Å². The predicted molar refractivity (Wildman–Crippen MR) is 106 cm³/mol. The van der Waals surface area contributed by atoms with Crippen LogP contribution in [-0.2, 0) is 6.61 Å². The lowest BCUT2D eigenvalue weighted by atomic mass is 10.1. The fourth-order valence-electron chi connectivity index (χ4n) is 3.31. The number of halogens is 2. The second-order valence-corrected chi connectivity index (χ2v) is 8.08. The summed E-state index contributed by atoms with van der Waals surface area (Å²) in [5, 5.41) is 1.03. The van der Waals surface area contributed by atoms with Crippen molar-refractivity contribution in [3.05, 3.63) is 46.2 Å². The molecule has 0 atom stereocenters. The van der Waals surface area contributed by atoms with E-state index in [9.17, 15) is 0 Å². The van der Waals surface area contributed by atoms with E-state index in [2.05, 4.69) is 14.9 Å². The number of nitrogens with zero attached hydrogens (tertiary/aromatic N) is 3. The van der Waals surface area contributed by atoms with Crippen LogP contribution in [0.1, 0.15) is 31.2 Å². The number of rotatable bonds is 7. The molecule has 2 aliphatic rings. The van der Waals surface area contributed by atoms with Gasteiger partial charge in [-0.3, -0.25) is 0 Å². The van der Waals surface area contributed by atoms with Gasteiger partial charge in [-0.2, -0.15) is 0 Å². The van der Waals surface area contributed by atoms with Gasteiger partial charge < -0.3 is 14.4 Å². The molecule has 2 fully saturated rings. The highest BCUT2D eigenvalue weighted by Crippen LogP contribution is 2.31. The average Bonchev–Trinajstić information content (AvgIpc) is 3.49. The minimum atomic E-state index is 0.157. The van der Waals surface area contributed by atoms with Crippen molar-refractivity contribution in [1.29, 1.82) is 0 Å². The smallest absolute Gasteiger partial charge is 0.278 e. The number of ether oxygens (including phenoxy) is 2. The first-order valence-electron chi connectivity index (χ1n) is 9.44. The number of benzene rings is 1. The third-order valence-electron chi connectivity index (χ3n) is 5.02. The van der Waals surface area contributed by atoms with Crippen molar-refractivity contribution in [1.82, 2.24) is 14.9 Å². The Balaban J connectivity index is 1.33. The zero-order valence-corrected chi connectivity index (χ0v) is 16.6. The lowest BCUT2D eigenvalue weighted by Crippen LogP contribution is -2.39. The summed E-state index contributed by atoms with van der Waals surface area (Å²) in [4.78, 5) is 11.2. The molecule has 0 bridgehead atoms. The minimum absolute atomic E-state index is 0.157. The van der Waals surface area contributed by atoms with Crippen LogP contribution in [0.2, 0.25) is 10.0 Å². The van der Waals surface area contributed by atoms with Crippen LogP contribution in [0, 0.1) is 5.92 Å². The van der Waals surface area contributed by atoms with Crippen LogP contribution in [0.15, 0.2) is 30.6 Å². The van der Waals surface area contributed by atoms with Crippen molar-refractivity contribution in [3.63, 3.8) is 0 Å². The molecule has 0 spiro atoms. The molecule has 27 heavy (non-hydrogen) atoms. The van der Waals surface area contributed by atoms with Crippen molar-refractivity contribution in [2.45, 2.75) is 38.4 Å². The van der Waals surface area contributed by atoms with Crippen LogP contribution in [0.3, 0.4) is 0 Å². The standard InChI is InChI=1S/C20H23Cl2N3O2/c21-17-4-3-15(11-18(17)22)13-26-19-20(24-8-7-23-19)27-16-5-9-25(10-6-16)12-14-1-2-14/h3-4,7-8,11,14,16H,1-2,5-6,9-10,12-13H2. The molecule has 0 radical (unpaired) electrons. The van der Waals surface area contributed by atoms with Gasteiger partial charge in [-0.25, -0.2) is 9.97 Å². The number of likely N-dealkylation sites (tertiary alicyclic amines) is 1. The molecule has 0 unspecified atom stereocenters. The van der Waals surface area contributed by atoms with E-state index in [1.54, 1.807) is 24.5 Å². The fourth-order valence-corrected chi connectivity index (χ4v) is 3.63. The SMILES string of the molecule is Clc1ccc(COc2nccnc2OC2CCN(CC3CC3)CC2)cc1Cl. The van der Waals surface area contributed by atoms with Crippen LogP contribution in [0.25, 0.3) is 0 Å². The molecule has 5 nitrogen and oxygen atoms in total.